The van der Waals surface area contributed by atoms with E-state index in [0.29, 0.717) is 23.0 Å². The third kappa shape index (κ3) is 3.43. The van der Waals surface area contributed by atoms with Crippen LogP contribution in [0.25, 0.3) is 0 Å². The van der Waals surface area contributed by atoms with Crippen LogP contribution in [-0.2, 0) is 14.8 Å². The summed E-state index contributed by atoms with van der Waals surface area (Å²) in [4.78, 5) is 14.2. The number of rotatable bonds is 4. The topological polar surface area (TPSA) is 77.9 Å². The molecule has 27 heavy (non-hydrogen) atoms. The van der Waals surface area contributed by atoms with Gasteiger partial charge in [0, 0.05) is 26.2 Å². The summed E-state index contributed by atoms with van der Waals surface area (Å²) in [7, 11) is -3.58. The predicted octanol–water partition coefficient (Wildman–Crippen LogP) is 2.28. The molecule has 2 aliphatic rings. The van der Waals surface area contributed by atoms with Crippen molar-refractivity contribution in [3.05, 3.63) is 63.5 Å². The van der Waals surface area contributed by atoms with Crippen LogP contribution in [0.4, 0.5) is 0 Å². The van der Waals surface area contributed by atoms with Crippen molar-refractivity contribution < 1.29 is 18.3 Å². The Hall–Kier alpha value is -1.71. The van der Waals surface area contributed by atoms with Gasteiger partial charge >= 0.3 is 0 Å². The SMILES string of the molecule is O=C([C@H](O)c1ccccc1)N1CC2=C(C1)CN(S(=O)(=O)c1ccc(Cl)s1)C2. The normalized spacial score (nSPS) is 18.8. The molecule has 1 amide bonds. The summed E-state index contributed by atoms with van der Waals surface area (Å²) in [5.41, 5.74) is 2.40. The Balaban J connectivity index is 1.42. The van der Waals surface area contributed by atoms with Crippen LogP contribution in [0.5, 0.6) is 0 Å². The zero-order chi connectivity index (χ0) is 19.2. The quantitative estimate of drug-likeness (QED) is 0.764. The maximum absolute atomic E-state index is 12.7. The summed E-state index contributed by atoms with van der Waals surface area (Å²) in [6.07, 6.45) is -1.21. The van der Waals surface area contributed by atoms with Crippen molar-refractivity contribution in [3.8, 4) is 0 Å². The van der Waals surface area contributed by atoms with E-state index in [1.54, 1.807) is 35.2 Å². The van der Waals surface area contributed by atoms with Crippen LogP contribution in [0.3, 0.4) is 0 Å². The molecule has 0 radical (unpaired) electrons. The average Bonchev–Trinajstić information content (AvgIpc) is 3.35. The van der Waals surface area contributed by atoms with Crippen molar-refractivity contribution in [1.82, 2.24) is 9.21 Å². The molecule has 142 valence electrons. The molecule has 0 spiro atoms. The Morgan fingerprint density at radius 2 is 1.67 bits per heavy atom. The number of halogens is 1. The van der Waals surface area contributed by atoms with E-state index in [0.717, 1.165) is 22.5 Å². The molecule has 1 aromatic carbocycles. The van der Waals surface area contributed by atoms with Crippen molar-refractivity contribution in [2.75, 3.05) is 26.2 Å². The van der Waals surface area contributed by atoms with E-state index >= 15 is 0 Å². The lowest BCUT2D eigenvalue weighted by Gasteiger charge is -2.24. The summed E-state index contributed by atoms with van der Waals surface area (Å²) in [5, 5.41) is 10.3. The molecule has 4 rings (SSSR count). The predicted molar refractivity (Wildman–Crippen MR) is 103 cm³/mol. The van der Waals surface area contributed by atoms with Gasteiger partial charge in [-0.3, -0.25) is 4.79 Å². The van der Waals surface area contributed by atoms with Gasteiger partial charge in [-0.05, 0) is 28.8 Å². The lowest BCUT2D eigenvalue weighted by Crippen LogP contribution is -2.38. The molecule has 2 aliphatic heterocycles. The fourth-order valence-electron chi connectivity index (χ4n) is 3.39. The number of nitrogens with zero attached hydrogens (tertiary/aromatic N) is 2. The van der Waals surface area contributed by atoms with E-state index in [4.69, 9.17) is 11.6 Å². The molecule has 0 aliphatic carbocycles. The van der Waals surface area contributed by atoms with E-state index in [2.05, 4.69) is 0 Å². The lowest BCUT2D eigenvalue weighted by atomic mass is 10.1. The van der Waals surface area contributed by atoms with Crippen molar-refractivity contribution in [2.24, 2.45) is 0 Å². The van der Waals surface area contributed by atoms with Gasteiger partial charge in [-0.15, -0.1) is 11.3 Å². The third-order valence-corrected chi connectivity index (χ3v) is 8.29. The van der Waals surface area contributed by atoms with E-state index in [1.807, 2.05) is 6.07 Å². The molecule has 1 N–H and O–H groups in total. The first-order chi connectivity index (χ1) is 12.9. The Kier molecular flexibility index (Phi) is 4.85. The molecule has 1 aromatic heterocycles. The lowest BCUT2D eigenvalue weighted by molar-refractivity contribution is -0.139. The monoisotopic (exact) mass is 424 g/mol. The smallest absolute Gasteiger partial charge is 0.256 e. The second-order valence-corrected chi connectivity index (χ2v) is 10.4. The maximum atomic E-state index is 12.7. The van der Waals surface area contributed by atoms with Gasteiger partial charge in [0.2, 0.25) is 0 Å². The Morgan fingerprint density at radius 3 is 2.22 bits per heavy atom. The molecular weight excluding hydrogens is 408 g/mol. The molecule has 3 heterocycles. The van der Waals surface area contributed by atoms with Crippen LogP contribution in [-0.4, -0.2) is 54.8 Å². The maximum Gasteiger partial charge on any atom is 0.256 e. The van der Waals surface area contributed by atoms with Gasteiger partial charge in [0.25, 0.3) is 15.9 Å². The first-order valence-electron chi connectivity index (χ1n) is 8.33. The minimum absolute atomic E-state index is 0.223. The summed E-state index contributed by atoms with van der Waals surface area (Å²) < 4.78 is 27.5. The summed E-state index contributed by atoms with van der Waals surface area (Å²) in [6.45, 7) is 1.21. The first-order valence-corrected chi connectivity index (χ1v) is 11.0. The second-order valence-electron chi connectivity index (χ2n) is 6.55. The van der Waals surface area contributed by atoms with E-state index in [9.17, 15) is 18.3 Å². The van der Waals surface area contributed by atoms with Crippen molar-refractivity contribution in [1.29, 1.82) is 0 Å². The number of hydrogen-bond donors (Lipinski definition) is 1. The van der Waals surface area contributed by atoms with Gasteiger partial charge in [-0.25, -0.2) is 8.42 Å². The van der Waals surface area contributed by atoms with E-state index < -0.39 is 16.1 Å². The standard InChI is InChI=1S/C18H17ClN2O4S2/c19-15-6-7-16(26-15)27(24,25)21-10-13-8-20(9-14(13)11-21)18(23)17(22)12-4-2-1-3-5-12/h1-7,17,22H,8-11H2/t17-/m1/s1. The molecule has 0 fully saturated rings. The van der Waals surface area contributed by atoms with Crippen molar-refractivity contribution in [3.63, 3.8) is 0 Å². The van der Waals surface area contributed by atoms with E-state index in [1.165, 1.54) is 10.4 Å². The first kappa shape index (κ1) is 18.6. The number of sulfonamides is 1. The van der Waals surface area contributed by atoms with Crippen LogP contribution < -0.4 is 0 Å². The van der Waals surface area contributed by atoms with Gasteiger partial charge in [0.1, 0.15) is 4.21 Å². The second kappa shape index (κ2) is 7.03. The fraction of sp³-hybridized carbons (Fsp3) is 0.278. The van der Waals surface area contributed by atoms with Crippen LogP contribution in [0.15, 0.2) is 57.8 Å². The van der Waals surface area contributed by atoms with Crippen LogP contribution in [0, 0.1) is 0 Å². The molecule has 1 atom stereocenters. The van der Waals surface area contributed by atoms with Crippen molar-refractivity contribution in [2.45, 2.75) is 10.3 Å². The van der Waals surface area contributed by atoms with Gasteiger partial charge in [-0.1, -0.05) is 41.9 Å². The zero-order valence-corrected chi connectivity index (χ0v) is 16.6. The minimum atomic E-state index is -3.58. The number of hydrogen-bond acceptors (Lipinski definition) is 5. The highest BCUT2D eigenvalue weighted by Crippen LogP contribution is 2.34. The summed E-state index contributed by atoms with van der Waals surface area (Å²) in [6, 6.07) is 11.9. The molecule has 6 nitrogen and oxygen atoms in total. The van der Waals surface area contributed by atoms with Gasteiger partial charge in [-0.2, -0.15) is 4.31 Å². The van der Waals surface area contributed by atoms with Gasteiger partial charge < -0.3 is 10.0 Å². The van der Waals surface area contributed by atoms with E-state index in [-0.39, 0.29) is 23.2 Å². The number of aliphatic hydroxyl groups is 1. The molecule has 0 saturated carbocycles. The number of carbonyl (C=O) groups is 1. The molecule has 9 heteroatoms. The number of carbonyl (C=O) groups excluding carboxylic acids is 1. The average molecular weight is 425 g/mol. The molecule has 0 bridgehead atoms. The molecule has 2 aromatic rings. The van der Waals surface area contributed by atoms with Crippen LogP contribution >= 0.6 is 22.9 Å². The number of benzene rings is 1. The third-order valence-electron chi connectivity index (χ3n) is 4.80. The van der Waals surface area contributed by atoms with Crippen LogP contribution in [0.1, 0.15) is 11.7 Å². The largest absolute Gasteiger partial charge is 0.378 e. The Bertz CT molecular complexity index is 999. The summed E-state index contributed by atoms with van der Waals surface area (Å²) in [5.74, 6) is -0.366. The van der Waals surface area contributed by atoms with Gasteiger partial charge in [0.15, 0.2) is 6.10 Å². The van der Waals surface area contributed by atoms with Gasteiger partial charge in [0.05, 0.1) is 4.34 Å². The molecule has 0 saturated heterocycles. The van der Waals surface area contributed by atoms with Crippen LogP contribution in [0.2, 0.25) is 4.34 Å². The molecular formula is C18H17ClN2O4S2. The van der Waals surface area contributed by atoms with Crippen molar-refractivity contribution >= 4 is 38.9 Å². The number of aliphatic hydroxyl groups excluding tert-OH is 1. The fourth-order valence-corrected chi connectivity index (χ4v) is 6.45. The Labute approximate surface area is 166 Å². The minimum Gasteiger partial charge on any atom is -0.378 e. The highest BCUT2D eigenvalue weighted by atomic mass is 35.5. The summed E-state index contributed by atoms with van der Waals surface area (Å²) >= 11 is 6.90. The number of thiophene rings is 1. The Morgan fingerprint density at radius 1 is 1.04 bits per heavy atom. The zero-order valence-electron chi connectivity index (χ0n) is 14.2. The highest BCUT2D eigenvalue weighted by molar-refractivity contribution is 7.91. The number of amides is 1. The molecule has 0 unspecified atom stereocenters. The highest BCUT2D eigenvalue weighted by Gasteiger charge is 2.39.